The summed E-state index contributed by atoms with van der Waals surface area (Å²) in [6.07, 6.45) is 1.57. The van der Waals surface area contributed by atoms with Crippen molar-refractivity contribution in [2.45, 2.75) is 0 Å². The first kappa shape index (κ1) is 19.7. The van der Waals surface area contributed by atoms with Gasteiger partial charge in [-0.25, -0.2) is 0 Å². The minimum absolute atomic E-state index is 0.0501. The zero-order chi connectivity index (χ0) is 19.1. The Morgan fingerprint density at radius 3 is 2.67 bits per heavy atom. The molecular formula is C17H20ClN5O3S. The standard InChI is InChI=1S/C17H20ClN5O3S/c18-6-7-21-8-10-22(11-9-21)23-12-16(26-20-23)19-15(24)13-27-17(25)14-4-2-1-3-5-14/h1-5,12H,6-11,13H2. The molecule has 1 aliphatic heterocycles. The van der Waals surface area contributed by atoms with E-state index in [1.807, 2.05) is 11.1 Å². The van der Waals surface area contributed by atoms with E-state index in [1.165, 1.54) is 0 Å². The van der Waals surface area contributed by atoms with Crippen LogP contribution in [0.15, 0.2) is 41.1 Å². The van der Waals surface area contributed by atoms with E-state index in [9.17, 15) is 9.59 Å². The SMILES string of the molecule is O=C(CSC(=O)c1ccccc1)[N-]c1c[n+](N2CCN(CCCl)CC2)no1. The van der Waals surface area contributed by atoms with Gasteiger partial charge in [0.25, 0.3) is 6.20 Å². The highest BCUT2D eigenvalue weighted by Crippen LogP contribution is 2.18. The van der Waals surface area contributed by atoms with E-state index in [4.69, 9.17) is 16.1 Å². The van der Waals surface area contributed by atoms with Gasteiger partial charge in [0.2, 0.25) is 10.4 Å². The Hall–Kier alpha value is -2.10. The van der Waals surface area contributed by atoms with E-state index < -0.39 is 5.91 Å². The molecule has 1 aromatic heterocycles. The summed E-state index contributed by atoms with van der Waals surface area (Å²) in [7, 11) is 0. The number of halogens is 1. The van der Waals surface area contributed by atoms with E-state index in [0.717, 1.165) is 44.5 Å². The predicted octanol–water partition coefficient (Wildman–Crippen LogP) is 1.56. The fourth-order valence-electron chi connectivity index (χ4n) is 2.64. The summed E-state index contributed by atoms with van der Waals surface area (Å²) in [6.45, 7) is 4.20. The van der Waals surface area contributed by atoms with Gasteiger partial charge in [-0.15, -0.1) is 11.6 Å². The van der Waals surface area contributed by atoms with Gasteiger partial charge in [0, 0.05) is 36.8 Å². The van der Waals surface area contributed by atoms with Crippen LogP contribution in [0.25, 0.3) is 5.32 Å². The third kappa shape index (κ3) is 5.69. The van der Waals surface area contributed by atoms with Crippen molar-refractivity contribution < 1.29 is 18.9 Å². The summed E-state index contributed by atoms with van der Waals surface area (Å²) >= 11 is 6.68. The Morgan fingerprint density at radius 2 is 1.96 bits per heavy atom. The molecule has 1 saturated heterocycles. The zero-order valence-corrected chi connectivity index (χ0v) is 16.2. The van der Waals surface area contributed by atoms with Crippen LogP contribution in [0.4, 0.5) is 5.88 Å². The number of carbonyl (C=O) groups is 2. The van der Waals surface area contributed by atoms with E-state index in [2.05, 4.69) is 15.5 Å². The first-order chi connectivity index (χ1) is 13.2. The number of nitrogens with zero attached hydrogens (tertiary/aromatic N) is 5. The van der Waals surface area contributed by atoms with E-state index in [-0.39, 0.29) is 16.8 Å². The molecule has 0 N–H and O–H groups in total. The molecule has 0 bridgehead atoms. The second kappa shape index (κ2) is 9.72. The van der Waals surface area contributed by atoms with Gasteiger partial charge in [-0.05, 0) is 0 Å². The normalized spacial score (nSPS) is 14.9. The Morgan fingerprint density at radius 1 is 1.22 bits per heavy atom. The molecule has 3 rings (SSSR count). The summed E-state index contributed by atoms with van der Waals surface area (Å²) in [5.74, 6) is 0.244. The Bertz CT molecular complexity index is 765. The highest BCUT2D eigenvalue weighted by molar-refractivity contribution is 8.14. The van der Waals surface area contributed by atoms with Crippen LogP contribution < -0.4 is 9.80 Å². The third-order valence-corrected chi connectivity index (χ3v) is 5.11. The number of thioether (sulfide) groups is 1. The van der Waals surface area contributed by atoms with Crippen LogP contribution in [-0.4, -0.2) is 65.6 Å². The first-order valence-corrected chi connectivity index (χ1v) is 10.1. The van der Waals surface area contributed by atoms with Gasteiger partial charge in [0.05, 0.1) is 23.8 Å². The lowest BCUT2D eigenvalue weighted by Gasteiger charge is -2.29. The van der Waals surface area contributed by atoms with E-state index in [1.54, 1.807) is 35.3 Å². The minimum atomic E-state index is -0.445. The number of amides is 1. The van der Waals surface area contributed by atoms with Crippen molar-refractivity contribution >= 4 is 40.3 Å². The number of hydrogen-bond donors (Lipinski definition) is 0. The molecule has 0 saturated carbocycles. The number of carbonyl (C=O) groups excluding carboxylic acids is 2. The summed E-state index contributed by atoms with van der Waals surface area (Å²) in [5, 5.41) is 9.62. The molecule has 1 amide bonds. The number of hydrogen-bond acceptors (Lipinski definition) is 7. The second-order valence-electron chi connectivity index (χ2n) is 5.89. The van der Waals surface area contributed by atoms with Gasteiger partial charge in [0.1, 0.15) is 5.88 Å². The minimum Gasteiger partial charge on any atom is -0.588 e. The molecule has 1 fully saturated rings. The Labute approximate surface area is 166 Å². The van der Waals surface area contributed by atoms with Crippen molar-refractivity contribution in [1.82, 2.24) is 10.2 Å². The smallest absolute Gasteiger partial charge is 0.257 e. The average Bonchev–Trinajstić information content (AvgIpc) is 3.16. The highest BCUT2D eigenvalue weighted by Gasteiger charge is 2.24. The van der Waals surface area contributed by atoms with Gasteiger partial charge in [-0.1, -0.05) is 42.1 Å². The molecular weight excluding hydrogens is 390 g/mol. The predicted molar refractivity (Wildman–Crippen MR) is 103 cm³/mol. The molecule has 2 aromatic rings. The van der Waals surface area contributed by atoms with Crippen LogP contribution in [0.3, 0.4) is 0 Å². The van der Waals surface area contributed by atoms with Crippen LogP contribution in [0.5, 0.6) is 0 Å². The summed E-state index contributed by atoms with van der Waals surface area (Å²) < 4.78 is 5.11. The van der Waals surface area contributed by atoms with Crippen LogP contribution in [-0.2, 0) is 4.79 Å². The number of alkyl halides is 1. The second-order valence-corrected chi connectivity index (χ2v) is 7.22. The highest BCUT2D eigenvalue weighted by atomic mass is 35.5. The van der Waals surface area contributed by atoms with Crippen molar-refractivity contribution in [1.29, 1.82) is 0 Å². The number of rotatable bonds is 7. The van der Waals surface area contributed by atoms with Crippen molar-refractivity contribution in [2.24, 2.45) is 0 Å². The lowest BCUT2D eigenvalue weighted by atomic mass is 10.2. The van der Waals surface area contributed by atoms with Crippen molar-refractivity contribution in [3.05, 3.63) is 47.4 Å². The molecule has 2 heterocycles. The zero-order valence-electron chi connectivity index (χ0n) is 14.7. The van der Waals surface area contributed by atoms with E-state index in [0.29, 0.717) is 11.4 Å². The van der Waals surface area contributed by atoms with Gasteiger partial charge in [-0.2, -0.15) is 5.01 Å². The fraction of sp³-hybridized carbons (Fsp3) is 0.412. The third-order valence-electron chi connectivity index (χ3n) is 4.05. The molecule has 144 valence electrons. The first-order valence-electron chi connectivity index (χ1n) is 8.54. The van der Waals surface area contributed by atoms with Gasteiger partial charge in [-0.3, -0.25) is 9.69 Å². The summed E-state index contributed by atoms with van der Waals surface area (Å²) in [4.78, 5) is 27.8. The molecule has 0 unspecified atom stereocenters. The molecule has 1 aliphatic rings. The molecule has 0 atom stereocenters. The molecule has 1 aromatic carbocycles. The largest absolute Gasteiger partial charge is 0.588 e. The van der Waals surface area contributed by atoms with Crippen LogP contribution in [0, 0.1) is 0 Å². The number of aromatic nitrogens is 2. The van der Waals surface area contributed by atoms with Crippen molar-refractivity contribution in [3.63, 3.8) is 0 Å². The molecule has 0 aliphatic carbocycles. The Kier molecular flexibility index (Phi) is 7.08. The maximum atomic E-state index is 12.0. The van der Waals surface area contributed by atoms with Crippen LogP contribution in [0.2, 0.25) is 0 Å². The number of piperazine rings is 1. The average molecular weight is 410 g/mol. The molecule has 0 radical (unpaired) electrons. The monoisotopic (exact) mass is 409 g/mol. The molecule has 8 nitrogen and oxygen atoms in total. The topological polar surface area (TPSA) is 84.6 Å². The summed E-state index contributed by atoms with van der Waals surface area (Å²) in [5.41, 5.74) is 0.557. The lowest BCUT2D eigenvalue weighted by molar-refractivity contribution is -0.759. The van der Waals surface area contributed by atoms with Gasteiger partial charge >= 0.3 is 0 Å². The van der Waals surface area contributed by atoms with Crippen molar-refractivity contribution in [3.8, 4) is 0 Å². The van der Waals surface area contributed by atoms with Crippen LogP contribution >= 0.6 is 23.4 Å². The fourth-order valence-corrected chi connectivity index (χ4v) is 3.50. The number of benzene rings is 1. The van der Waals surface area contributed by atoms with E-state index >= 15 is 0 Å². The maximum Gasteiger partial charge on any atom is 0.257 e. The maximum absolute atomic E-state index is 12.0. The van der Waals surface area contributed by atoms with Gasteiger partial charge < -0.3 is 14.6 Å². The summed E-state index contributed by atoms with van der Waals surface area (Å²) in [6, 6.07) is 8.82. The molecule has 0 spiro atoms. The lowest BCUT2D eigenvalue weighted by Crippen LogP contribution is -2.65. The molecule has 27 heavy (non-hydrogen) atoms. The van der Waals surface area contributed by atoms with Crippen LogP contribution in [0.1, 0.15) is 10.4 Å². The Balaban J connectivity index is 1.45. The van der Waals surface area contributed by atoms with Crippen molar-refractivity contribution in [2.75, 3.05) is 49.4 Å². The quantitative estimate of drug-likeness (QED) is 0.506. The van der Waals surface area contributed by atoms with Gasteiger partial charge in [0.15, 0.2) is 0 Å². The molecule has 10 heteroatoms.